The summed E-state index contributed by atoms with van der Waals surface area (Å²) in [4.78, 5) is 10.2. The molecule has 8 aromatic carbocycles. The fourth-order valence-corrected chi connectivity index (χ4v) is 7.74. The van der Waals surface area contributed by atoms with Crippen LogP contribution in [0.5, 0.6) is 0 Å². The number of aromatic nitrogens is 1. The Labute approximate surface area is 308 Å². The Kier molecular flexibility index (Phi) is 7.51. The molecule has 1 atom stereocenters. The van der Waals surface area contributed by atoms with E-state index in [1.54, 1.807) is 0 Å². The van der Waals surface area contributed by atoms with Crippen molar-refractivity contribution in [3.8, 4) is 27.9 Å². The van der Waals surface area contributed by atoms with Crippen molar-refractivity contribution < 1.29 is 0 Å². The molecule has 0 bridgehead atoms. The summed E-state index contributed by atoms with van der Waals surface area (Å²) < 4.78 is 2.44. The molecule has 250 valence electrons. The number of hydrogen-bond donors (Lipinski definition) is 1. The number of fused-ring (bicyclic) bond motifs is 4. The maximum absolute atomic E-state index is 5.11. The van der Waals surface area contributed by atoms with Crippen molar-refractivity contribution in [2.45, 2.75) is 6.17 Å². The minimum Gasteiger partial charge on any atom is -0.344 e. The van der Waals surface area contributed by atoms with E-state index in [1.807, 2.05) is 24.3 Å². The fourth-order valence-electron chi connectivity index (χ4n) is 7.74. The lowest BCUT2D eigenvalue weighted by Crippen LogP contribution is -2.33. The lowest BCUT2D eigenvalue weighted by atomic mass is 9.96. The summed E-state index contributed by atoms with van der Waals surface area (Å²) in [6, 6.07) is 68.8. The maximum Gasteiger partial charge on any atom is 0.159 e. The summed E-state index contributed by atoms with van der Waals surface area (Å²) in [6.45, 7) is 0. The zero-order chi connectivity index (χ0) is 35.1. The third kappa shape index (κ3) is 5.49. The van der Waals surface area contributed by atoms with Crippen LogP contribution in [0.4, 0.5) is 0 Å². The number of amidine groups is 2. The summed E-state index contributed by atoms with van der Waals surface area (Å²) in [5, 5.41) is 8.53. The van der Waals surface area contributed by atoms with Crippen LogP contribution in [0, 0.1) is 0 Å². The van der Waals surface area contributed by atoms with E-state index in [0.717, 1.165) is 28.1 Å². The van der Waals surface area contributed by atoms with Crippen LogP contribution < -0.4 is 5.32 Å². The highest BCUT2D eigenvalue weighted by atomic mass is 15.2. The highest BCUT2D eigenvalue weighted by Gasteiger charge is 2.22. The second-order valence-electron chi connectivity index (χ2n) is 13.4. The molecule has 4 nitrogen and oxygen atoms in total. The molecule has 1 aromatic heterocycles. The first kappa shape index (κ1) is 30.8. The molecule has 1 N–H and O–H groups in total. The number of nitrogens with one attached hydrogen (secondary N) is 1. The van der Waals surface area contributed by atoms with Gasteiger partial charge in [-0.05, 0) is 63.5 Å². The van der Waals surface area contributed by atoms with Crippen molar-refractivity contribution in [3.05, 3.63) is 211 Å². The standard InChI is InChI=1S/C49H34N4/c1-4-15-33(16-5-1)37-29-30-44-42(32-37)46-41(26-14-28-45(46)53(44)43-27-13-22-34-17-10-11-25-40(34)43)38-23-12-24-39(31-38)49-51-47(35-18-6-2-7-19-35)50-48(52-49)36-20-8-3-9-21-36/h1-32,47H,(H,50,51,52). The van der Waals surface area contributed by atoms with Crippen molar-refractivity contribution in [2.75, 3.05) is 0 Å². The number of hydrogen-bond acceptors (Lipinski definition) is 3. The minimum atomic E-state index is -0.263. The van der Waals surface area contributed by atoms with Gasteiger partial charge in [0.1, 0.15) is 12.0 Å². The predicted molar refractivity (Wildman–Crippen MR) is 221 cm³/mol. The van der Waals surface area contributed by atoms with E-state index < -0.39 is 0 Å². The molecule has 0 saturated carbocycles. The zero-order valence-electron chi connectivity index (χ0n) is 28.9. The fraction of sp³-hybridized carbons (Fsp3) is 0.0204. The van der Waals surface area contributed by atoms with Gasteiger partial charge in [0.05, 0.1) is 16.7 Å². The van der Waals surface area contributed by atoms with E-state index in [9.17, 15) is 0 Å². The van der Waals surface area contributed by atoms with Crippen LogP contribution in [0.1, 0.15) is 22.9 Å². The van der Waals surface area contributed by atoms with Crippen LogP contribution in [0.25, 0.3) is 60.5 Å². The largest absolute Gasteiger partial charge is 0.344 e. The number of nitrogens with zero attached hydrogens (tertiary/aromatic N) is 3. The molecule has 4 heteroatoms. The molecule has 1 aliphatic heterocycles. The predicted octanol–water partition coefficient (Wildman–Crippen LogP) is 11.8. The zero-order valence-corrected chi connectivity index (χ0v) is 28.9. The molecule has 0 radical (unpaired) electrons. The van der Waals surface area contributed by atoms with E-state index in [0.29, 0.717) is 5.84 Å². The van der Waals surface area contributed by atoms with Crippen LogP contribution in [0.2, 0.25) is 0 Å². The van der Waals surface area contributed by atoms with Gasteiger partial charge < -0.3 is 9.88 Å². The Morgan fingerprint density at radius 1 is 0.453 bits per heavy atom. The molecule has 9 aromatic rings. The Bertz CT molecular complexity index is 2850. The molecule has 1 unspecified atom stereocenters. The van der Waals surface area contributed by atoms with Gasteiger partial charge >= 0.3 is 0 Å². The molecule has 1 aliphatic rings. The number of rotatable bonds is 6. The van der Waals surface area contributed by atoms with Gasteiger partial charge in [0, 0.05) is 27.3 Å². The SMILES string of the molecule is c1ccc(C2=NC(c3ccccc3)NC(c3cccc(-c4cccc5c4c4cc(-c6ccccc6)ccc4n5-c4cccc5ccccc45)c3)=N2)cc1. The lowest BCUT2D eigenvalue weighted by Gasteiger charge is -2.24. The van der Waals surface area contributed by atoms with E-state index >= 15 is 0 Å². The first-order chi connectivity index (χ1) is 26.3. The van der Waals surface area contributed by atoms with Gasteiger partial charge in [-0.2, -0.15) is 0 Å². The van der Waals surface area contributed by atoms with Crippen LogP contribution in [-0.2, 0) is 0 Å². The van der Waals surface area contributed by atoms with Gasteiger partial charge in [0.25, 0.3) is 0 Å². The van der Waals surface area contributed by atoms with Gasteiger partial charge in [-0.25, -0.2) is 9.98 Å². The Morgan fingerprint density at radius 2 is 1.11 bits per heavy atom. The van der Waals surface area contributed by atoms with Crippen LogP contribution in [0.15, 0.2) is 204 Å². The molecule has 0 aliphatic carbocycles. The van der Waals surface area contributed by atoms with E-state index in [1.165, 1.54) is 55.0 Å². The van der Waals surface area contributed by atoms with E-state index in [2.05, 4.69) is 180 Å². The average Bonchev–Trinajstić information content (AvgIpc) is 3.58. The average molecular weight is 679 g/mol. The smallest absolute Gasteiger partial charge is 0.159 e. The van der Waals surface area contributed by atoms with Crippen molar-refractivity contribution >= 4 is 44.2 Å². The molecule has 53 heavy (non-hydrogen) atoms. The second kappa shape index (κ2) is 12.9. The first-order valence-corrected chi connectivity index (χ1v) is 18.0. The van der Waals surface area contributed by atoms with Gasteiger partial charge in [-0.15, -0.1) is 0 Å². The van der Waals surface area contributed by atoms with Crippen LogP contribution in [-0.4, -0.2) is 16.2 Å². The summed E-state index contributed by atoms with van der Waals surface area (Å²) in [5.74, 6) is 1.51. The minimum absolute atomic E-state index is 0.263. The number of benzene rings is 8. The van der Waals surface area contributed by atoms with E-state index in [4.69, 9.17) is 9.98 Å². The third-order valence-electron chi connectivity index (χ3n) is 10.2. The van der Waals surface area contributed by atoms with Crippen molar-refractivity contribution in [1.29, 1.82) is 0 Å². The monoisotopic (exact) mass is 678 g/mol. The third-order valence-corrected chi connectivity index (χ3v) is 10.2. The van der Waals surface area contributed by atoms with Gasteiger partial charge in [-0.3, -0.25) is 0 Å². The highest BCUT2D eigenvalue weighted by Crippen LogP contribution is 2.41. The van der Waals surface area contributed by atoms with Crippen LogP contribution >= 0.6 is 0 Å². The van der Waals surface area contributed by atoms with Crippen molar-refractivity contribution in [3.63, 3.8) is 0 Å². The summed E-state index contributed by atoms with van der Waals surface area (Å²) in [5.41, 5.74) is 11.3. The maximum atomic E-state index is 5.11. The van der Waals surface area contributed by atoms with Crippen molar-refractivity contribution in [2.24, 2.45) is 9.98 Å². The quantitative estimate of drug-likeness (QED) is 0.187. The molecule has 0 spiro atoms. The molecule has 0 amide bonds. The second-order valence-corrected chi connectivity index (χ2v) is 13.4. The summed E-state index contributed by atoms with van der Waals surface area (Å²) in [6.07, 6.45) is -0.263. The molecular weight excluding hydrogens is 645 g/mol. The summed E-state index contributed by atoms with van der Waals surface area (Å²) in [7, 11) is 0. The normalized spacial score (nSPS) is 14.2. The van der Waals surface area contributed by atoms with E-state index in [-0.39, 0.29) is 6.17 Å². The molecule has 2 heterocycles. The molecule has 0 fully saturated rings. The van der Waals surface area contributed by atoms with Gasteiger partial charge in [-0.1, -0.05) is 164 Å². The topological polar surface area (TPSA) is 41.7 Å². The first-order valence-electron chi connectivity index (χ1n) is 18.0. The lowest BCUT2D eigenvalue weighted by molar-refractivity contribution is 0.674. The summed E-state index contributed by atoms with van der Waals surface area (Å²) >= 11 is 0. The molecule has 10 rings (SSSR count). The Balaban J connectivity index is 1.17. The van der Waals surface area contributed by atoms with Gasteiger partial charge in [0.2, 0.25) is 0 Å². The molecular formula is C49H34N4. The Hall–Kier alpha value is -7.04. The van der Waals surface area contributed by atoms with Gasteiger partial charge in [0.15, 0.2) is 5.84 Å². The van der Waals surface area contributed by atoms with Crippen molar-refractivity contribution in [1.82, 2.24) is 9.88 Å². The molecule has 0 saturated heterocycles. The number of aliphatic imine (C=N–C) groups is 2. The van der Waals surface area contributed by atoms with Crippen LogP contribution in [0.3, 0.4) is 0 Å². The Morgan fingerprint density at radius 3 is 1.94 bits per heavy atom. The highest BCUT2D eigenvalue weighted by molar-refractivity contribution is 6.18.